The van der Waals surface area contributed by atoms with Crippen LogP contribution in [-0.2, 0) is 12.8 Å². The number of fused-ring (bicyclic) bond motifs is 1. The Kier molecular flexibility index (Phi) is 6.84. The summed E-state index contributed by atoms with van der Waals surface area (Å²) in [5.41, 5.74) is 2.36. The van der Waals surface area contributed by atoms with Crippen LogP contribution >= 0.6 is 0 Å². The molecule has 0 spiro atoms. The molecule has 0 atom stereocenters. The lowest BCUT2D eigenvalue weighted by Crippen LogP contribution is -2.39. The van der Waals surface area contributed by atoms with Crippen molar-refractivity contribution < 1.29 is 18.9 Å². The van der Waals surface area contributed by atoms with Crippen LogP contribution in [0.5, 0.6) is 23.0 Å². The Morgan fingerprint density at radius 3 is 2.21 bits per heavy atom. The number of guanidine groups is 1. The number of methoxy groups -OCH3 is 2. The maximum atomic E-state index is 5.42. The molecule has 150 valence electrons. The number of hydrogen-bond acceptors (Lipinski definition) is 5. The summed E-state index contributed by atoms with van der Waals surface area (Å²) in [5.74, 6) is 3.88. The number of benzene rings is 2. The molecule has 28 heavy (non-hydrogen) atoms. The summed E-state index contributed by atoms with van der Waals surface area (Å²) < 4.78 is 21.4. The second-order valence-electron chi connectivity index (χ2n) is 6.30. The topological polar surface area (TPSA) is 73.3 Å². The van der Waals surface area contributed by atoms with Crippen LogP contribution in [0.2, 0.25) is 0 Å². The van der Waals surface area contributed by atoms with E-state index in [2.05, 4.69) is 21.7 Å². The molecule has 7 heteroatoms. The lowest BCUT2D eigenvalue weighted by molar-refractivity contribution is 0.174. The first-order valence-electron chi connectivity index (χ1n) is 9.27. The molecular formula is C21H27N3O4. The summed E-state index contributed by atoms with van der Waals surface area (Å²) in [5, 5.41) is 6.67. The third-order valence-electron chi connectivity index (χ3n) is 4.52. The normalized spacial score (nSPS) is 12.6. The van der Waals surface area contributed by atoms with Gasteiger partial charge in [-0.05, 0) is 48.2 Å². The number of nitrogens with zero attached hydrogens (tertiary/aromatic N) is 1. The Hall–Kier alpha value is -3.09. The third kappa shape index (κ3) is 5.00. The van der Waals surface area contributed by atoms with Crippen molar-refractivity contribution in [3.05, 3.63) is 47.5 Å². The molecule has 2 aromatic rings. The first-order valence-corrected chi connectivity index (χ1v) is 9.27. The van der Waals surface area contributed by atoms with E-state index in [9.17, 15) is 0 Å². The van der Waals surface area contributed by atoms with Crippen LogP contribution in [0, 0.1) is 0 Å². The first-order chi connectivity index (χ1) is 13.7. The SMILES string of the molecule is CN=C(NCCc1ccc(OC)c(OC)c1)NCCc1ccc2c(c1)OCO2. The molecule has 1 heterocycles. The van der Waals surface area contributed by atoms with Gasteiger partial charge in [0.25, 0.3) is 0 Å². The highest BCUT2D eigenvalue weighted by molar-refractivity contribution is 5.79. The summed E-state index contributed by atoms with van der Waals surface area (Å²) in [6, 6.07) is 12.0. The highest BCUT2D eigenvalue weighted by atomic mass is 16.7. The molecule has 2 aromatic carbocycles. The minimum absolute atomic E-state index is 0.299. The molecule has 0 unspecified atom stereocenters. The van der Waals surface area contributed by atoms with Gasteiger partial charge in [-0.2, -0.15) is 0 Å². The minimum atomic E-state index is 0.299. The van der Waals surface area contributed by atoms with Gasteiger partial charge in [-0.25, -0.2) is 0 Å². The van der Waals surface area contributed by atoms with Crippen molar-refractivity contribution in [2.45, 2.75) is 12.8 Å². The highest BCUT2D eigenvalue weighted by Gasteiger charge is 2.13. The maximum absolute atomic E-state index is 5.42. The predicted octanol–water partition coefficient (Wildman–Crippen LogP) is 2.38. The zero-order valence-electron chi connectivity index (χ0n) is 16.6. The van der Waals surface area contributed by atoms with Crippen LogP contribution in [0.15, 0.2) is 41.4 Å². The van der Waals surface area contributed by atoms with Gasteiger partial charge in [-0.3, -0.25) is 4.99 Å². The summed E-state index contributed by atoms with van der Waals surface area (Å²) in [4.78, 5) is 4.27. The molecule has 2 N–H and O–H groups in total. The summed E-state index contributed by atoms with van der Waals surface area (Å²) >= 11 is 0. The Labute approximate surface area is 165 Å². The Bertz CT molecular complexity index is 823. The fourth-order valence-electron chi connectivity index (χ4n) is 3.00. The smallest absolute Gasteiger partial charge is 0.231 e. The van der Waals surface area contributed by atoms with E-state index in [4.69, 9.17) is 18.9 Å². The van der Waals surface area contributed by atoms with Crippen LogP contribution < -0.4 is 29.6 Å². The molecule has 7 nitrogen and oxygen atoms in total. The van der Waals surface area contributed by atoms with Crippen molar-refractivity contribution >= 4 is 5.96 Å². The molecule has 3 rings (SSSR count). The Balaban J connectivity index is 1.42. The molecule has 0 saturated carbocycles. The molecule has 0 fully saturated rings. The van der Waals surface area contributed by atoms with E-state index in [-0.39, 0.29) is 0 Å². The van der Waals surface area contributed by atoms with Gasteiger partial charge in [0, 0.05) is 20.1 Å². The Morgan fingerprint density at radius 1 is 0.893 bits per heavy atom. The standard InChI is InChI=1S/C21H27N3O4/c1-22-21(23-10-8-15-4-6-17(25-2)19(12-15)26-3)24-11-9-16-5-7-18-20(13-16)28-14-27-18/h4-7,12-13H,8-11,14H2,1-3H3,(H2,22,23,24). The predicted molar refractivity (Wildman–Crippen MR) is 109 cm³/mol. The molecular weight excluding hydrogens is 358 g/mol. The van der Waals surface area contributed by atoms with Crippen molar-refractivity contribution in [2.24, 2.45) is 4.99 Å². The van der Waals surface area contributed by atoms with Gasteiger partial charge in [0.15, 0.2) is 29.0 Å². The number of rotatable bonds is 8. The second kappa shape index (κ2) is 9.73. The van der Waals surface area contributed by atoms with E-state index in [1.165, 1.54) is 11.1 Å². The number of ether oxygens (including phenoxy) is 4. The molecule has 0 radical (unpaired) electrons. The third-order valence-corrected chi connectivity index (χ3v) is 4.52. The number of nitrogens with one attached hydrogen (secondary N) is 2. The average Bonchev–Trinajstić information content (AvgIpc) is 3.20. The summed E-state index contributed by atoms with van der Waals surface area (Å²) in [7, 11) is 5.05. The van der Waals surface area contributed by atoms with E-state index >= 15 is 0 Å². The summed E-state index contributed by atoms with van der Waals surface area (Å²) in [6.07, 6.45) is 1.72. The second-order valence-corrected chi connectivity index (χ2v) is 6.30. The zero-order chi connectivity index (χ0) is 19.8. The van der Waals surface area contributed by atoms with Crippen LogP contribution in [0.3, 0.4) is 0 Å². The van der Waals surface area contributed by atoms with E-state index in [0.717, 1.165) is 54.9 Å². The number of aliphatic imine (C=N–C) groups is 1. The van der Waals surface area contributed by atoms with Gasteiger partial charge in [0.05, 0.1) is 14.2 Å². The van der Waals surface area contributed by atoms with Crippen LogP contribution in [0.4, 0.5) is 0 Å². The van der Waals surface area contributed by atoms with Crippen molar-refractivity contribution in [1.82, 2.24) is 10.6 Å². The lowest BCUT2D eigenvalue weighted by atomic mass is 10.1. The van der Waals surface area contributed by atoms with Gasteiger partial charge >= 0.3 is 0 Å². The monoisotopic (exact) mass is 385 g/mol. The van der Waals surface area contributed by atoms with Crippen molar-refractivity contribution in [3.63, 3.8) is 0 Å². The molecule has 0 aromatic heterocycles. The molecule has 0 amide bonds. The molecule has 0 bridgehead atoms. The van der Waals surface area contributed by atoms with Gasteiger partial charge in [-0.15, -0.1) is 0 Å². The van der Waals surface area contributed by atoms with Gasteiger partial charge in [-0.1, -0.05) is 12.1 Å². The molecule has 1 aliphatic rings. The van der Waals surface area contributed by atoms with E-state index < -0.39 is 0 Å². The fraction of sp³-hybridized carbons (Fsp3) is 0.381. The van der Waals surface area contributed by atoms with Crippen LogP contribution in [0.1, 0.15) is 11.1 Å². The van der Waals surface area contributed by atoms with Crippen molar-refractivity contribution in [1.29, 1.82) is 0 Å². The molecule has 0 saturated heterocycles. The van der Waals surface area contributed by atoms with E-state index in [1.807, 2.05) is 30.3 Å². The van der Waals surface area contributed by atoms with Gasteiger partial charge in [0.2, 0.25) is 6.79 Å². The van der Waals surface area contributed by atoms with E-state index in [1.54, 1.807) is 21.3 Å². The van der Waals surface area contributed by atoms with Gasteiger partial charge in [0.1, 0.15) is 0 Å². The Morgan fingerprint density at radius 2 is 1.54 bits per heavy atom. The zero-order valence-corrected chi connectivity index (χ0v) is 16.6. The lowest BCUT2D eigenvalue weighted by Gasteiger charge is -2.13. The highest BCUT2D eigenvalue weighted by Crippen LogP contribution is 2.32. The van der Waals surface area contributed by atoms with Crippen LogP contribution in [0.25, 0.3) is 0 Å². The number of hydrogen-bond donors (Lipinski definition) is 2. The minimum Gasteiger partial charge on any atom is -0.493 e. The average molecular weight is 385 g/mol. The molecule has 1 aliphatic heterocycles. The van der Waals surface area contributed by atoms with Crippen LogP contribution in [-0.4, -0.2) is 47.1 Å². The van der Waals surface area contributed by atoms with Crippen molar-refractivity contribution in [2.75, 3.05) is 41.1 Å². The molecule has 0 aliphatic carbocycles. The first kappa shape index (κ1) is 19.7. The van der Waals surface area contributed by atoms with Crippen molar-refractivity contribution in [3.8, 4) is 23.0 Å². The quantitative estimate of drug-likeness (QED) is 0.537. The fourth-order valence-corrected chi connectivity index (χ4v) is 3.00. The maximum Gasteiger partial charge on any atom is 0.231 e. The van der Waals surface area contributed by atoms with Gasteiger partial charge < -0.3 is 29.6 Å². The summed E-state index contributed by atoms with van der Waals surface area (Å²) in [6.45, 7) is 1.84. The van der Waals surface area contributed by atoms with E-state index in [0.29, 0.717) is 6.79 Å². The largest absolute Gasteiger partial charge is 0.493 e.